The molecule has 1 aromatic heterocycles. The lowest BCUT2D eigenvalue weighted by Gasteiger charge is -2.05. The van der Waals surface area contributed by atoms with E-state index in [2.05, 4.69) is 15.6 Å². The molecule has 0 aliphatic heterocycles. The molecule has 0 unspecified atom stereocenters. The van der Waals surface area contributed by atoms with Gasteiger partial charge in [-0.3, -0.25) is 14.9 Å². The van der Waals surface area contributed by atoms with Gasteiger partial charge in [-0.25, -0.2) is 4.98 Å². The van der Waals surface area contributed by atoms with Gasteiger partial charge in [0, 0.05) is 35.0 Å². The first kappa shape index (κ1) is 18.1. The third-order valence-corrected chi connectivity index (χ3v) is 4.63. The quantitative estimate of drug-likeness (QED) is 0.685. The Morgan fingerprint density at radius 2 is 1.77 bits per heavy atom. The molecule has 2 aromatic carbocycles. The topological polar surface area (TPSA) is 71.1 Å². The summed E-state index contributed by atoms with van der Waals surface area (Å²) in [6.45, 7) is 1.91. The lowest BCUT2D eigenvalue weighted by molar-refractivity contribution is -0.119. The first-order valence-corrected chi connectivity index (χ1v) is 9.13. The molecule has 0 aliphatic carbocycles. The van der Waals surface area contributed by atoms with Gasteiger partial charge in [-0.2, -0.15) is 0 Å². The molecule has 0 radical (unpaired) electrons. The van der Waals surface area contributed by atoms with Crippen molar-refractivity contribution in [3.05, 3.63) is 70.1 Å². The zero-order valence-electron chi connectivity index (χ0n) is 14.0. The molecule has 0 saturated heterocycles. The van der Waals surface area contributed by atoms with Gasteiger partial charge in [0.25, 0.3) is 5.91 Å². The predicted molar refractivity (Wildman–Crippen MR) is 104 cm³/mol. The summed E-state index contributed by atoms with van der Waals surface area (Å²) < 4.78 is 0. The number of thiazole rings is 1. The second-order valence-electron chi connectivity index (χ2n) is 5.61. The number of nitrogens with zero attached hydrogens (tertiary/aromatic N) is 1. The summed E-state index contributed by atoms with van der Waals surface area (Å²) >= 11 is 7.25. The Hall–Kier alpha value is -2.70. The van der Waals surface area contributed by atoms with Gasteiger partial charge >= 0.3 is 0 Å². The van der Waals surface area contributed by atoms with Gasteiger partial charge in [-0.05, 0) is 29.8 Å². The van der Waals surface area contributed by atoms with Gasteiger partial charge in [0.05, 0.1) is 5.69 Å². The van der Waals surface area contributed by atoms with Crippen LogP contribution >= 0.6 is 22.9 Å². The second kappa shape index (κ2) is 8.12. The molecule has 0 aliphatic rings. The van der Waals surface area contributed by atoms with E-state index < -0.39 is 0 Å². The molecule has 0 atom stereocenters. The van der Waals surface area contributed by atoms with Gasteiger partial charge in [0.2, 0.25) is 5.91 Å². The smallest absolute Gasteiger partial charge is 0.257 e. The number of anilines is 1. The Balaban J connectivity index is 1.64. The average molecular weight is 386 g/mol. The van der Waals surface area contributed by atoms with Crippen molar-refractivity contribution in [1.29, 1.82) is 0 Å². The maximum Gasteiger partial charge on any atom is 0.257 e. The standard InChI is InChI=1S/C19H16ClN3O2S/c1-12(24)21-10-13-2-4-15(5-3-13)18(25)23-19-22-17(11-26-19)14-6-8-16(20)9-7-14/h2-9,11H,10H2,1H3,(H,21,24)(H,22,23,25). The van der Waals surface area contributed by atoms with Crippen LogP contribution in [-0.2, 0) is 11.3 Å². The fourth-order valence-electron chi connectivity index (χ4n) is 2.25. The van der Waals surface area contributed by atoms with Gasteiger partial charge in [-0.15, -0.1) is 11.3 Å². The maximum absolute atomic E-state index is 12.4. The number of nitrogens with one attached hydrogen (secondary N) is 2. The van der Waals surface area contributed by atoms with Crippen LogP contribution in [0, 0.1) is 0 Å². The van der Waals surface area contributed by atoms with E-state index in [0.717, 1.165) is 16.8 Å². The molecule has 0 bridgehead atoms. The fourth-order valence-corrected chi connectivity index (χ4v) is 3.09. The number of benzene rings is 2. The molecular weight excluding hydrogens is 370 g/mol. The molecule has 5 nitrogen and oxygen atoms in total. The Bertz CT molecular complexity index is 921. The lowest BCUT2D eigenvalue weighted by atomic mass is 10.1. The number of aromatic nitrogens is 1. The molecule has 3 rings (SSSR count). The van der Waals surface area contributed by atoms with Crippen molar-refractivity contribution in [3.8, 4) is 11.3 Å². The number of amides is 2. The van der Waals surface area contributed by atoms with Crippen LogP contribution in [0.1, 0.15) is 22.8 Å². The summed E-state index contributed by atoms with van der Waals surface area (Å²) in [5, 5.41) is 8.60. The van der Waals surface area contributed by atoms with Gasteiger partial charge in [-0.1, -0.05) is 35.9 Å². The van der Waals surface area contributed by atoms with Crippen molar-refractivity contribution in [1.82, 2.24) is 10.3 Å². The van der Waals surface area contributed by atoms with Gasteiger partial charge < -0.3 is 5.32 Å². The highest BCUT2D eigenvalue weighted by Gasteiger charge is 2.10. The van der Waals surface area contributed by atoms with Crippen molar-refractivity contribution in [2.45, 2.75) is 13.5 Å². The highest BCUT2D eigenvalue weighted by Crippen LogP contribution is 2.26. The van der Waals surface area contributed by atoms with E-state index in [4.69, 9.17) is 11.6 Å². The molecule has 3 aromatic rings. The zero-order valence-corrected chi connectivity index (χ0v) is 15.5. The number of halogens is 1. The van der Waals surface area contributed by atoms with Crippen LogP contribution in [0.25, 0.3) is 11.3 Å². The summed E-state index contributed by atoms with van der Waals surface area (Å²) in [4.78, 5) is 27.7. The summed E-state index contributed by atoms with van der Waals surface area (Å²) in [6.07, 6.45) is 0. The third-order valence-electron chi connectivity index (χ3n) is 3.62. The van der Waals surface area contributed by atoms with Crippen molar-refractivity contribution < 1.29 is 9.59 Å². The first-order chi connectivity index (χ1) is 12.5. The van der Waals surface area contributed by atoms with E-state index in [1.165, 1.54) is 18.3 Å². The SMILES string of the molecule is CC(=O)NCc1ccc(C(=O)Nc2nc(-c3ccc(Cl)cc3)cs2)cc1. The Morgan fingerprint density at radius 3 is 2.42 bits per heavy atom. The molecule has 2 amide bonds. The monoisotopic (exact) mass is 385 g/mol. The molecule has 0 spiro atoms. The minimum Gasteiger partial charge on any atom is -0.352 e. The molecule has 0 fully saturated rings. The summed E-state index contributed by atoms with van der Waals surface area (Å²) in [7, 11) is 0. The second-order valence-corrected chi connectivity index (χ2v) is 6.90. The lowest BCUT2D eigenvalue weighted by Crippen LogP contribution is -2.19. The van der Waals surface area contributed by atoms with Crippen molar-refractivity contribution >= 4 is 39.9 Å². The Labute approximate surface area is 160 Å². The van der Waals surface area contributed by atoms with E-state index in [-0.39, 0.29) is 11.8 Å². The predicted octanol–water partition coefficient (Wildman–Crippen LogP) is 4.35. The maximum atomic E-state index is 12.4. The van der Waals surface area contributed by atoms with Crippen molar-refractivity contribution in [3.63, 3.8) is 0 Å². The normalized spacial score (nSPS) is 10.4. The molecule has 2 N–H and O–H groups in total. The third kappa shape index (κ3) is 4.68. The summed E-state index contributed by atoms with van der Waals surface area (Å²) in [6, 6.07) is 14.4. The van der Waals surface area contributed by atoms with Crippen LogP contribution in [0.3, 0.4) is 0 Å². The van der Waals surface area contributed by atoms with Crippen LogP contribution < -0.4 is 10.6 Å². The Morgan fingerprint density at radius 1 is 1.08 bits per heavy atom. The van der Waals surface area contributed by atoms with Crippen LogP contribution in [0.15, 0.2) is 53.9 Å². The average Bonchev–Trinajstić information content (AvgIpc) is 3.09. The zero-order chi connectivity index (χ0) is 18.5. The molecule has 26 heavy (non-hydrogen) atoms. The number of hydrogen-bond donors (Lipinski definition) is 2. The number of carbonyl (C=O) groups excluding carboxylic acids is 2. The van der Waals surface area contributed by atoms with Crippen LogP contribution in [0.4, 0.5) is 5.13 Å². The fraction of sp³-hybridized carbons (Fsp3) is 0.105. The van der Waals surface area contributed by atoms with Crippen LogP contribution in [-0.4, -0.2) is 16.8 Å². The number of rotatable bonds is 5. The van der Waals surface area contributed by atoms with Crippen molar-refractivity contribution in [2.75, 3.05) is 5.32 Å². The molecule has 132 valence electrons. The van der Waals surface area contributed by atoms with E-state index in [0.29, 0.717) is 22.3 Å². The van der Waals surface area contributed by atoms with Crippen LogP contribution in [0.2, 0.25) is 5.02 Å². The molecule has 7 heteroatoms. The van der Waals surface area contributed by atoms with E-state index in [9.17, 15) is 9.59 Å². The van der Waals surface area contributed by atoms with Crippen molar-refractivity contribution in [2.24, 2.45) is 0 Å². The minimum absolute atomic E-state index is 0.0907. The van der Waals surface area contributed by atoms with Gasteiger partial charge in [0.1, 0.15) is 0 Å². The number of carbonyl (C=O) groups is 2. The minimum atomic E-state index is -0.229. The molecular formula is C19H16ClN3O2S. The summed E-state index contributed by atoms with van der Waals surface area (Å²) in [5.74, 6) is -0.319. The van der Waals surface area contributed by atoms with E-state index in [1.54, 1.807) is 24.3 Å². The summed E-state index contributed by atoms with van der Waals surface area (Å²) in [5.41, 5.74) is 3.18. The molecule has 0 saturated carbocycles. The number of hydrogen-bond acceptors (Lipinski definition) is 4. The Kier molecular flexibility index (Phi) is 5.65. The largest absolute Gasteiger partial charge is 0.352 e. The molecule has 1 heterocycles. The van der Waals surface area contributed by atoms with E-state index >= 15 is 0 Å². The van der Waals surface area contributed by atoms with Gasteiger partial charge in [0.15, 0.2) is 5.13 Å². The highest BCUT2D eigenvalue weighted by molar-refractivity contribution is 7.14. The highest BCUT2D eigenvalue weighted by atomic mass is 35.5. The van der Waals surface area contributed by atoms with E-state index in [1.807, 2.05) is 29.6 Å². The van der Waals surface area contributed by atoms with Crippen LogP contribution in [0.5, 0.6) is 0 Å². The first-order valence-electron chi connectivity index (χ1n) is 7.87.